The van der Waals surface area contributed by atoms with Crippen molar-refractivity contribution < 1.29 is 41.7 Å². The second kappa shape index (κ2) is 42.0. The molecule has 2 atom stereocenters. The van der Waals surface area contributed by atoms with Gasteiger partial charge in [0.05, 0.1) is 24.4 Å². The third-order valence-electron chi connectivity index (χ3n) is 16.3. The summed E-state index contributed by atoms with van der Waals surface area (Å²) in [7, 11) is 26.4. The summed E-state index contributed by atoms with van der Waals surface area (Å²) in [4.78, 5) is 27.8. The number of rotatable bonds is 0. The van der Waals surface area contributed by atoms with Crippen LogP contribution in [0.2, 0.25) is 0 Å². The Labute approximate surface area is 504 Å². The first-order chi connectivity index (χ1) is 38.5. The van der Waals surface area contributed by atoms with Gasteiger partial charge in [-0.15, -0.1) is 0 Å². The molecule has 0 aromatic carbocycles. The van der Waals surface area contributed by atoms with Crippen LogP contribution in [0.25, 0.3) is 0 Å². The highest BCUT2D eigenvalue weighted by molar-refractivity contribution is 4.90. The molecule has 0 radical (unpaired) electrons. The van der Waals surface area contributed by atoms with E-state index in [1.807, 2.05) is 71.0 Å². The molecule has 2 unspecified atom stereocenters. The predicted molar refractivity (Wildman–Crippen MR) is 335 cm³/mol. The summed E-state index contributed by atoms with van der Waals surface area (Å²) in [5, 5.41) is 26.5. The molecular formula is C61H129F6N13O3. The molecule has 0 aliphatic carbocycles. The van der Waals surface area contributed by atoms with E-state index in [-0.39, 0.29) is 30.8 Å². The molecule has 0 saturated carbocycles. The number of aliphatic hydroxyl groups is 3. The van der Waals surface area contributed by atoms with Crippen molar-refractivity contribution in [2.45, 2.75) is 139 Å². The lowest BCUT2D eigenvalue weighted by molar-refractivity contribution is -0.0706. The van der Waals surface area contributed by atoms with Crippen molar-refractivity contribution in [3.63, 3.8) is 0 Å². The minimum Gasteiger partial charge on any atom is -0.392 e. The molecule has 12 fully saturated rings. The fourth-order valence-corrected chi connectivity index (χ4v) is 10.6. The highest BCUT2D eigenvalue weighted by atomic mass is 19.3. The number of alkyl halides is 6. The maximum atomic E-state index is 13.0. The lowest BCUT2D eigenvalue weighted by atomic mass is 9.96. The molecule has 12 aliphatic heterocycles. The normalized spacial score (nSPS) is 28.6. The Balaban J connectivity index is 0.000000454. The van der Waals surface area contributed by atoms with Gasteiger partial charge in [-0.25, -0.2) is 26.3 Å². The number of likely N-dealkylation sites (tertiary alicyclic amines) is 11. The molecule has 12 heterocycles. The summed E-state index contributed by atoms with van der Waals surface area (Å²) >= 11 is 0. The minimum atomic E-state index is -2.41. The van der Waals surface area contributed by atoms with Crippen LogP contribution in [0.5, 0.6) is 0 Å². The number of piperidine rings is 2. The molecule has 22 heteroatoms. The van der Waals surface area contributed by atoms with Crippen molar-refractivity contribution in [3.8, 4) is 0 Å². The van der Waals surface area contributed by atoms with Gasteiger partial charge < -0.3 is 74.1 Å². The average Bonchev–Trinajstić information content (AvgIpc) is 4.27. The van der Waals surface area contributed by atoms with Crippen molar-refractivity contribution >= 4 is 0 Å². The Kier molecular flexibility index (Phi) is 40.5. The van der Waals surface area contributed by atoms with Crippen molar-refractivity contribution in [2.24, 2.45) is 0 Å². The molecule has 0 aromatic rings. The van der Waals surface area contributed by atoms with Gasteiger partial charge in [0.1, 0.15) is 23.7 Å². The molecule has 12 aliphatic rings. The standard InChI is InChI=1S/C7H14FN.C6H14N2.C6H13N.C5H9F2N.2C5H10FN.2C5H11NO.C5H11N.C4H8FN.C4H9NO.C4H9N/c1-7(8)3-5-9(2)6-4-7;1-7-3-5-8(2)6-4-7;1-7-5-3-2-4-6-7;1-8-3-2-5(6,7)4-8;1-5(6)3-7(2)4-5;1-7-3-2-5(6)4-7;1-5(7)3-6(2)4-5;1-6-3-2-5(7)4-6;1-6-4-2-3-5-6;1-6-2-4(5)3-6;1-5-2-4(6)3-5;1-5-3-2-4-5/h3-6H2,1-2H3;3-6H2,1-2H3;2-6H2,1H3;2-4H2,1H3;3-4H2,1-2H3;5H,2-4H2,1H3;7H,3-4H2,1-2H3;5,7H,2-4H2,1H3;2-5H2,1H3;4H,2-3H2,1H3;4,6H,2-3H2,1H3;2-4H2,1H3. The quantitative estimate of drug-likeness (QED) is 0.294. The van der Waals surface area contributed by atoms with Gasteiger partial charge >= 0.3 is 0 Å². The van der Waals surface area contributed by atoms with E-state index in [1.54, 1.807) is 25.8 Å². The molecule has 16 nitrogen and oxygen atoms in total. The Morgan fingerprint density at radius 2 is 0.651 bits per heavy atom. The lowest BCUT2D eigenvalue weighted by Crippen LogP contribution is -2.57. The lowest BCUT2D eigenvalue weighted by Gasteiger charge is -2.41. The van der Waals surface area contributed by atoms with Crippen molar-refractivity contribution in [3.05, 3.63) is 0 Å². The van der Waals surface area contributed by atoms with Gasteiger partial charge in [-0.2, -0.15) is 0 Å². The van der Waals surface area contributed by atoms with Gasteiger partial charge in [-0.05, 0) is 209 Å². The molecule has 3 N–H and O–H groups in total. The van der Waals surface area contributed by atoms with Crippen LogP contribution in [-0.2, 0) is 0 Å². The zero-order valence-electron chi connectivity index (χ0n) is 55.9. The number of nitrogens with zero attached hydrogens (tertiary/aromatic N) is 13. The molecule has 0 bridgehead atoms. The summed E-state index contributed by atoms with van der Waals surface area (Å²) < 4.78 is 73.6. The monoisotopic (exact) mass is 1210 g/mol. The van der Waals surface area contributed by atoms with Gasteiger partial charge in [0.25, 0.3) is 5.92 Å². The second-order valence-corrected chi connectivity index (χ2v) is 27.5. The average molecular weight is 1210 g/mol. The van der Waals surface area contributed by atoms with E-state index >= 15 is 0 Å². The molecule has 12 saturated heterocycles. The number of halogens is 6. The molecule has 498 valence electrons. The van der Waals surface area contributed by atoms with Gasteiger partial charge in [0, 0.05) is 131 Å². The Morgan fingerprint density at radius 1 is 0.301 bits per heavy atom. The van der Waals surface area contributed by atoms with Gasteiger partial charge in [0.2, 0.25) is 0 Å². The Morgan fingerprint density at radius 3 is 0.771 bits per heavy atom. The number of aliphatic hydroxyl groups excluding tert-OH is 2. The first-order valence-corrected chi connectivity index (χ1v) is 31.6. The van der Waals surface area contributed by atoms with Crippen LogP contribution in [0.3, 0.4) is 0 Å². The van der Waals surface area contributed by atoms with E-state index in [9.17, 15) is 26.3 Å². The third kappa shape index (κ3) is 44.1. The highest BCUT2D eigenvalue weighted by Crippen LogP contribution is 2.26. The van der Waals surface area contributed by atoms with Crippen LogP contribution in [0.4, 0.5) is 26.3 Å². The van der Waals surface area contributed by atoms with Gasteiger partial charge in [-0.1, -0.05) is 6.42 Å². The van der Waals surface area contributed by atoms with Crippen molar-refractivity contribution in [1.29, 1.82) is 0 Å². The van der Waals surface area contributed by atoms with Crippen LogP contribution in [0.1, 0.15) is 91.4 Å². The second-order valence-electron chi connectivity index (χ2n) is 27.5. The molecule has 12 rings (SSSR count). The van der Waals surface area contributed by atoms with Crippen LogP contribution >= 0.6 is 0 Å². The van der Waals surface area contributed by atoms with E-state index in [0.29, 0.717) is 52.1 Å². The van der Waals surface area contributed by atoms with E-state index in [4.69, 9.17) is 15.3 Å². The largest absolute Gasteiger partial charge is 0.392 e. The molecule has 0 spiro atoms. The van der Waals surface area contributed by atoms with Crippen LogP contribution in [0, 0.1) is 0 Å². The first-order valence-electron chi connectivity index (χ1n) is 31.6. The highest BCUT2D eigenvalue weighted by Gasteiger charge is 2.37. The van der Waals surface area contributed by atoms with Crippen LogP contribution < -0.4 is 0 Å². The van der Waals surface area contributed by atoms with Gasteiger partial charge in [-0.3, -0.25) is 4.90 Å². The van der Waals surface area contributed by atoms with E-state index in [0.717, 1.165) is 71.7 Å². The SMILES string of the molecule is CN1CC(C)(F)C1.CN1CC(C)(O)C1.CN1CC(F)C1.CN1CC(O)C1.CN1CCC(C)(F)CC1.CN1CCC(F)(F)C1.CN1CCC(F)C1.CN1CCC(O)C1.CN1CCC1.CN1CCCC1.CN1CCCCC1.CN1CCN(C)CC1. The van der Waals surface area contributed by atoms with E-state index in [1.165, 1.54) is 104 Å². The fraction of sp³-hybridized carbons (Fsp3) is 1.00. The smallest absolute Gasteiger partial charge is 0.261 e. The predicted octanol–water partition coefficient (Wildman–Crippen LogP) is 4.65. The summed E-state index contributed by atoms with van der Waals surface area (Å²) in [6, 6.07) is 0. The first kappa shape index (κ1) is 80.0. The molecular weight excluding hydrogens is 1080 g/mol. The number of hydrogen-bond acceptors (Lipinski definition) is 16. The minimum absolute atomic E-state index is 0.0312. The summed E-state index contributed by atoms with van der Waals surface area (Å²) in [6.45, 7) is 29.7. The topological polar surface area (TPSA) is 103 Å². The Bertz CT molecular complexity index is 1450. The maximum Gasteiger partial charge on any atom is 0.261 e. The summed E-state index contributed by atoms with van der Waals surface area (Å²) in [5.41, 5.74) is -2.14. The van der Waals surface area contributed by atoms with Crippen molar-refractivity contribution in [2.75, 3.05) is 262 Å². The number of hydrogen-bond donors (Lipinski definition) is 3. The third-order valence-corrected chi connectivity index (χ3v) is 16.3. The molecule has 0 aromatic heterocycles. The molecule has 83 heavy (non-hydrogen) atoms. The zero-order valence-corrected chi connectivity index (χ0v) is 55.9. The fourth-order valence-electron chi connectivity index (χ4n) is 10.6. The van der Waals surface area contributed by atoms with E-state index < -0.39 is 29.6 Å². The number of β-amino-alcohol motifs (C(OH)–C–C–N with tert-alkyl or cyclic N) is 3. The van der Waals surface area contributed by atoms with E-state index in [2.05, 4.69) is 79.3 Å². The summed E-state index contributed by atoms with van der Waals surface area (Å²) in [6.07, 6.45) is 10.5. The van der Waals surface area contributed by atoms with Crippen molar-refractivity contribution in [1.82, 2.24) is 63.7 Å². The van der Waals surface area contributed by atoms with Crippen LogP contribution in [-0.4, -0.2) is 388 Å². The molecule has 0 amide bonds. The van der Waals surface area contributed by atoms with Crippen LogP contribution in [0.15, 0.2) is 0 Å². The van der Waals surface area contributed by atoms with Gasteiger partial charge in [0.15, 0.2) is 0 Å². The summed E-state index contributed by atoms with van der Waals surface area (Å²) in [5.74, 6) is -2.41. The number of likely N-dealkylation sites (N-methyl/N-ethyl adjacent to an activating group) is 5. The number of piperazine rings is 1. The zero-order chi connectivity index (χ0) is 63.0. The maximum absolute atomic E-state index is 13.0. The Hall–Kier alpha value is -1.06.